The molecule has 0 amide bonds. The zero-order valence-corrected chi connectivity index (χ0v) is 10.8. The molecule has 0 aliphatic rings. The van der Waals surface area contributed by atoms with Gasteiger partial charge in [-0.3, -0.25) is 0 Å². The van der Waals surface area contributed by atoms with E-state index in [-0.39, 0.29) is 5.69 Å². The second-order valence-electron chi connectivity index (χ2n) is 3.55. The molecule has 0 saturated heterocycles. The summed E-state index contributed by atoms with van der Waals surface area (Å²) in [5.74, 6) is -1.000. The number of nitrogens with zero attached hydrogens (tertiary/aromatic N) is 4. The largest absolute Gasteiger partial charge is 0.476 e. The van der Waals surface area contributed by atoms with Crippen LogP contribution in [-0.4, -0.2) is 31.1 Å². The molecule has 18 heavy (non-hydrogen) atoms. The SMILES string of the molecule is CCn1ncc(/C=C/c2nc(C(=O)O)c(C)s2)n1. The van der Waals surface area contributed by atoms with Crippen molar-refractivity contribution in [2.75, 3.05) is 0 Å². The van der Waals surface area contributed by atoms with E-state index in [1.165, 1.54) is 11.3 Å². The summed E-state index contributed by atoms with van der Waals surface area (Å²) in [5.41, 5.74) is 0.832. The van der Waals surface area contributed by atoms with E-state index in [1.54, 1.807) is 30.1 Å². The number of carbonyl (C=O) groups is 1. The van der Waals surface area contributed by atoms with Crippen LogP contribution in [0.25, 0.3) is 12.2 Å². The van der Waals surface area contributed by atoms with Gasteiger partial charge in [0, 0.05) is 4.88 Å². The van der Waals surface area contributed by atoms with Gasteiger partial charge in [-0.05, 0) is 26.0 Å². The van der Waals surface area contributed by atoms with E-state index in [0.717, 1.165) is 5.69 Å². The Hall–Kier alpha value is -2.02. The van der Waals surface area contributed by atoms with Crippen LogP contribution in [-0.2, 0) is 6.54 Å². The molecule has 0 fully saturated rings. The number of aromatic carboxylic acids is 1. The number of hydrogen-bond acceptors (Lipinski definition) is 5. The topological polar surface area (TPSA) is 80.9 Å². The maximum Gasteiger partial charge on any atom is 0.355 e. The summed E-state index contributed by atoms with van der Waals surface area (Å²) in [6.45, 7) is 4.41. The van der Waals surface area contributed by atoms with E-state index in [2.05, 4.69) is 15.2 Å². The van der Waals surface area contributed by atoms with Gasteiger partial charge in [0.05, 0.1) is 12.7 Å². The van der Waals surface area contributed by atoms with Crippen LogP contribution in [0.2, 0.25) is 0 Å². The van der Waals surface area contributed by atoms with Crippen LogP contribution in [0.3, 0.4) is 0 Å². The first kappa shape index (κ1) is 12.4. The molecule has 2 aromatic rings. The molecule has 7 heteroatoms. The average Bonchev–Trinajstić information content (AvgIpc) is 2.92. The van der Waals surface area contributed by atoms with Crippen molar-refractivity contribution in [3.05, 3.63) is 27.5 Å². The summed E-state index contributed by atoms with van der Waals surface area (Å²) >= 11 is 1.34. The first-order valence-electron chi connectivity index (χ1n) is 5.39. The highest BCUT2D eigenvalue weighted by molar-refractivity contribution is 7.12. The second kappa shape index (κ2) is 5.09. The van der Waals surface area contributed by atoms with Crippen LogP contribution in [0.5, 0.6) is 0 Å². The van der Waals surface area contributed by atoms with Crippen LogP contribution in [0, 0.1) is 6.92 Å². The lowest BCUT2D eigenvalue weighted by molar-refractivity contribution is 0.0690. The Morgan fingerprint density at radius 3 is 2.89 bits per heavy atom. The van der Waals surface area contributed by atoms with Crippen LogP contribution in [0.4, 0.5) is 0 Å². The van der Waals surface area contributed by atoms with Crippen molar-refractivity contribution < 1.29 is 9.90 Å². The maximum absolute atomic E-state index is 10.8. The molecule has 0 aliphatic heterocycles. The highest BCUT2D eigenvalue weighted by atomic mass is 32.1. The number of hydrogen-bond donors (Lipinski definition) is 1. The van der Waals surface area contributed by atoms with Gasteiger partial charge in [0.15, 0.2) is 5.69 Å². The van der Waals surface area contributed by atoms with Crippen molar-refractivity contribution in [3.8, 4) is 0 Å². The van der Waals surface area contributed by atoms with E-state index in [4.69, 9.17) is 5.11 Å². The number of rotatable bonds is 4. The molecule has 0 atom stereocenters. The van der Waals surface area contributed by atoms with Crippen molar-refractivity contribution in [2.24, 2.45) is 0 Å². The second-order valence-corrected chi connectivity index (χ2v) is 4.79. The van der Waals surface area contributed by atoms with Crippen LogP contribution < -0.4 is 0 Å². The van der Waals surface area contributed by atoms with E-state index in [1.807, 2.05) is 6.92 Å². The molecule has 0 saturated carbocycles. The van der Waals surface area contributed by atoms with Crippen molar-refractivity contribution in [3.63, 3.8) is 0 Å². The summed E-state index contributed by atoms with van der Waals surface area (Å²) in [5, 5.41) is 17.8. The third-order valence-electron chi connectivity index (χ3n) is 2.25. The Morgan fingerprint density at radius 1 is 1.56 bits per heavy atom. The van der Waals surface area contributed by atoms with Crippen LogP contribution in [0.1, 0.15) is 33.0 Å². The zero-order valence-electron chi connectivity index (χ0n) is 9.99. The van der Waals surface area contributed by atoms with Gasteiger partial charge >= 0.3 is 5.97 Å². The van der Waals surface area contributed by atoms with E-state index in [0.29, 0.717) is 16.4 Å². The molecule has 2 heterocycles. The summed E-state index contributed by atoms with van der Waals surface area (Å²) in [6, 6.07) is 0. The summed E-state index contributed by atoms with van der Waals surface area (Å²) in [7, 11) is 0. The first-order chi connectivity index (χ1) is 8.60. The molecule has 0 unspecified atom stereocenters. The molecular weight excluding hydrogens is 252 g/mol. The van der Waals surface area contributed by atoms with E-state index >= 15 is 0 Å². The number of carboxylic acid groups (broad SMARTS) is 1. The molecule has 6 nitrogen and oxygen atoms in total. The standard InChI is InChI=1S/C11H12N4O2S/c1-3-15-12-6-8(14-15)4-5-9-13-10(11(16)17)7(2)18-9/h4-6H,3H2,1-2H3,(H,16,17)/b5-4+. The predicted octanol–water partition coefficient (Wildman–Crippen LogP) is 1.93. The van der Waals surface area contributed by atoms with Crippen LogP contribution >= 0.6 is 11.3 Å². The molecule has 2 aromatic heterocycles. The Kier molecular flexibility index (Phi) is 3.52. The van der Waals surface area contributed by atoms with Gasteiger partial charge in [-0.25, -0.2) is 9.78 Å². The fraction of sp³-hybridized carbons (Fsp3) is 0.273. The van der Waals surface area contributed by atoms with Gasteiger partial charge in [-0.2, -0.15) is 15.0 Å². The minimum atomic E-state index is -1.000. The van der Waals surface area contributed by atoms with Gasteiger partial charge in [-0.15, -0.1) is 11.3 Å². The molecule has 0 spiro atoms. The fourth-order valence-corrected chi connectivity index (χ4v) is 2.20. The number of thiazole rings is 1. The third kappa shape index (κ3) is 2.62. The summed E-state index contributed by atoms with van der Waals surface area (Å²) in [4.78, 5) is 17.1. The van der Waals surface area contributed by atoms with Gasteiger partial charge in [0.1, 0.15) is 10.7 Å². The minimum Gasteiger partial charge on any atom is -0.476 e. The summed E-state index contributed by atoms with van der Waals surface area (Å²) < 4.78 is 0. The summed E-state index contributed by atoms with van der Waals surface area (Å²) in [6.07, 6.45) is 5.16. The molecule has 0 aliphatic carbocycles. The zero-order chi connectivity index (χ0) is 13.1. The number of aromatic nitrogens is 4. The Bertz CT molecular complexity index is 600. The van der Waals surface area contributed by atoms with Gasteiger partial charge in [-0.1, -0.05) is 0 Å². The predicted molar refractivity (Wildman–Crippen MR) is 68.4 cm³/mol. The lowest BCUT2D eigenvalue weighted by Crippen LogP contribution is -1.98. The fourth-order valence-electron chi connectivity index (χ4n) is 1.38. The van der Waals surface area contributed by atoms with E-state index in [9.17, 15) is 4.79 Å². The van der Waals surface area contributed by atoms with E-state index < -0.39 is 5.97 Å². The molecule has 1 N–H and O–H groups in total. The average molecular weight is 264 g/mol. The number of carboxylic acids is 1. The Balaban J connectivity index is 2.18. The van der Waals surface area contributed by atoms with Gasteiger partial charge in [0.2, 0.25) is 0 Å². The monoisotopic (exact) mass is 264 g/mol. The molecule has 0 radical (unpaired) electrons. The minimum absolute atomic E-state index is 0.108. The van der Waals surface area contributed by atoms with Crippen molar-refractivity contribution in [2.45, 2.75) is 20.4 Å². The first-order valence-corrected chi connectivity index (χ1v) is 6.20. The van der Waals surface area contributed by atoms with Crippen molar-refractivity contribution >= 4 is 29.5 Å². The van der Waals surface area contributed by atoms with Gasteiger partial charge in [0.25, 0.3) is 0 Å². The maximum atomic E-state index is 10.8. The molecule has 0 aromatic carbocycles. The van der Waals surface area contributed by atoms with Crippen molar-refractivity contribution in [1.29, 1.82) is 0 Å². The smallest absolute Gasteiger partial charge is 0.355 e. The Morgan fingerprint density at radius 2 is 2.33 bits per heavy atom. The molecule has 2 rings (SSSR count). The number of aryl methyl sites for hydroxylation is 2. The van der Waals surface area contributed by atoms with Crippen molar-refractivity contribution in [1.82, 2.24) is 20.0 Å². The lowest BCUT2D eigenvalue weighted by Gasteiger charge is -1.87. The molecular formula is C11H12N4O2S. The highest BCUT2D eigenvalue weighted by Crippen LogP contribution is 2.19. The third-order valence-corrected chi connectivity index (χ3v) is 3.19. The normalized spacial score (nSPS) is 11.2. The molecule has 94 valence electrons. The lowest BCUT2D eigenvalue weighted by atomic mass is 10.4. The molecule has 0 bridgehead atoms. The Labute approximate surface area is 108 Å². The highest BCUT2D eigenvalue weighted by Gasteiger charge is 2.12. The quantitative estimate of drug-likeness (QED) is 0.912. The van der Waals surface area contributed by atoms with Gasteiger partial charge < -0.3 is 5.11 Å². The van der Waals surface area contributed by atoms with Crippen LogP contribution in [0.15, 0.2) is 6.20 Å².